The third kappa shape index (κ3) is 3.12. The summed E-state index contributed by atoms with van der Waals surface area (Å²) in [5.74, 6) is -0.213. The SMILES string of the molecule is CN1CCCC2CN(CC(Cl)C(=O)O)CCC21. The van der Waals surface area contributed by atoms with Gasteiger partial charge < -0.3 is 14.9 Å². The van der Waals surface area contributed by atoms with E-state index in [0.29, 0.717) is 18.5 Å². The van der Waals surface area contributed by atoms with Gasteiger partial charge in [-0.15, -0.1) is 11.6 Å². The summed E-state index contributed by atoms with van der Waals surface area (Å²) in [4.78, 5) is 15.4. The van der Waals surface area contributed by atoms with E-state index in [-0.39, 0.29) is 0 Å². The van der Waals surface area contributed by atoms with E-state index in [1.54, 1.807) is 0 Å². The van der Waals surface area contributed by atoms with Crippen molar-refractivity contribution in [2.45, 2.75) is 30.7 Å². The molecule has 0 aromatic carbocycles. The molecule has 3 atom stereocenters. The molecule has 0 aromatic rings. The molecule has 0 radical (unpaired) electrons. The van der Waals surface area contributed by atoms with Crippen LogP contribution in [0.4, 0.5) is 0 Å². The van der Waals surface area contributed by atoms with Crippen LogP contribution in [0, 0.1) is 5.92 Å². The number of hydrogen-bond acceptors (Lipinski definition) is 3. The maximum Gasteiger partial charge on any atom is 0.322 e. The Balaban J connectivity index is 1.87. The van der Waals surface area contributed by atoms with Gasteiger partial charge in [-0.1, -0.05) is 0 Å². The molecule has 2 fully saturated rings. The summed E-state index contributed by atoms with van der Waals surface area (Å²) in [7, 11) is 2.20. The predicted molar refractivity (Wildman–Crippen MR) is 67.5 cm³/mol. The topological polar surface area (TPSA) is 43.8 Å². The van der Waals surface area contributed by atoms with Gasteiger partial charge in [-0.05, 0) is 45.3 Å². The molecule has 0 aromatic heterocycles. The second-order valence-electron chi connectivity index (χ2n) is 5.30. The molecule has 98 valence electrons. The molecule has 2 rings (SSSR count). The molecule has 1 N–H and O–H groups in total. The van der Waals surface area contributed by atoms with Gasteiger partial charge in [0.2, 0.25) is 0 Å². The Labute approximate surface area is 108 Å². The summed E-state index contributed by atoms with van der Waals surface area (Å²) in [5, 5.41) is 8.05. The standard InChI is InChI=1S/C12H21ClN2O2/c1-14-5-2-3-9-7-15(6-4-11(9)14)8-10(13)12(16)17/h9-11H,2-8H2,1H3,(H,16,17). The van der Waals surface area contributed by atoms with Crippen LogP contribution in [0.5, 0.6) is 0 Å². The fraction of sp³-hybridized carbons (Fsp3) is 0.917. The number of fused-ring (bicyclic) bond motifs is 1. The highest BCUT2D eigenvalue weighted by molar-refractivity contribution is 6.29. The summed E-state index contributed by atoms with van der Waals surface area (Å²) in [5.41, 5.74) is 0. The van der Waals surface area contributed by atoms with E-state index in [9.17, 15) is 4.79 Å². The van der Waals surface area contributed by atoms with Crippen LogP contribution < -0.4 is 0 Å². The average Bonchev–Trinajstić information content (AvgIpc) is 2.29. The molecule has 0 amide bonds. The summed E-state index contributed by atoms with van der Waals surface area (Å²) < 4.78 is 0. The van der Waals surface area contributed by atoms with Gasteiger partial charge in [0.15, 0.2) is 0 Å². The first kappa shape index (κ1) is 13.1. The van der Waals surface area contributed by atoms with E-state index in [0.717, 1.165) is 19.5 Å². The number of hydrogen-bond donors (Lipinski definition) is 1. The Morgan fingerprint density at radius 2 is 2.24 bits per heavy atom. The zero-order valence-corrected chi connectivity index (χ0v) is 11.1. The molecule has 0 spiro atoms. The van der Waals surface area contributed by atoms with Crippen molar-refractivity contribution in [1.29, 1.82) is 0 Å². The number of rotatable bonds is 3. The van der Waals surface area contributed by atoms with Crippen molar-refractivity contribution >= 4 is 17.6 Å². The fourth-order valence-electron chi connectivity index (χ4n) is 3.20. The van der Waals surface area contributed by atoms with Crippen LogP contribution in [0.15, 0.2) is 0 Å². The fourth-order valence-corrected chi connectivity index (χ4v) is 3.39. The maximum atomic E-state index is 10.7. The van der Waals surface area contributed by atoms with Crippen LogP contribution >= 0.6 is 11.6 Å². The van der Waals surface area contributed by atoms with Gasteiger partial charge in [-0.2, -0.15) is 0 Å². The minimum Gasteiger partial charge on any atom is -0.480 e. The highest BCUT2D eigenvalue weighted by Gasteiger charge is 2.35. The van der Waals surface area contributed by atoms with Crippen LogP contribution in [0.2, 0.25) is 0 Å². The Hall–Kier alpha value is -0.320. The minimum absolute atomic E-state index is 0.476. The van der Waals surface area contributed by atoms with Gasteiger partial charge in [-0.25, -0.2) is 0 Å². The van der Waals surface area contributed by atoms with Crippen molar-refractivity contribution in [3.8, 4) is 0 Å². The molecule has 5 heteroatoms. The molecule has 2 aliphatic rings. The largest absolute Gasteiger partial charge is 0.480 e. The Morgan fingerprint density at radius 1 is 1.47 bits per heavy atom. The lowest BCUT2D eigenvalue weighted by Gasteiger charge is -2.46. The second kappa shape index (κ2) is 5.55. The third-order valence-electron chi connectivity index (χ3n) is 4.12. The van der Waals surface area contributed by atoms with Crippen LogP contribution in [0.1, 0.15) is 19.3 Å². The second-order valence-corrected chi connectivity index (χ2v) is 5.83. The number of aliphatic carboxylic acids is 1. The number of likely N-dealkylation sites (tertiary alicyclic amines) is 2. The molecular formula is C12H21ClN2O2. The Bertz CT molecular complexity index is 288. The lowest BCUT2D eigenvalue weighted by Crippen LogP contribution is -2.53. The predicted octanol–water partition coefficient (Wildman–Crippen LogP) is 1.09. The van der Waals surface area contributed by atoms with E-state index < -0.39 is 11.3 Å². The lowest BCUT2D eigenvalue weighted by molar-refractivity contribution is -0.137. The summed E-state index contributed by atoms with van der Waals surface area (Å²) >= 11 is 5.80. The normalized spacial score (nSPS) is 33.1. The molecule has 17 heavy (non-hydrogen) atoms. The molecule has 2 saturated heterocycles. The van der Waals surface area contributed by atoms with Gasteiger partial charge in [0.25, 0.3) is 0 Å². The minimum atomic E-state index is -0.908. The van der Waals surface area contributed by atoms with Crippen LogP contribution in [0.25, 0.3) is 0 Å². The number of piperidine rings is 2. The smallest absolute Gasteiger partial charge is 0.322 e. The van der Waals surface area contributed by atoms with Crippen molar-refractivity contribution < 1.29 is 9.90 Å². The third-order valence-corrected chi connectivity index (χ3v) is 4.44. The number of carboxylic acids is 1. The zero-order chi connectivity index (χ0) is 12.4. The Kier molecular flexibility index (Phi) is 4.28. The number of carbonyl (C=O) groups is 1. The molecule has 0 bridgehead atoms. The van der Waals surface area contributed by atoms with Crippen molar-refractivity contribution in [3.05, 3.63) is 0 Å². The quantitative estimate of drug-likeness (QED) is 0.772. The van der Waals surface area contributed by atoms with Crippen molar-refractivity contribution in [2.75, 3.05) is 33.2 Å². The average molecular weight is 261 g/mol. The van der Waals surface area contributed by atoms with E-state index >= 15 is 0 Å². The molecule has 2 heterocycles. The molecule has 4 nitrogen and oxygen atoms in total. The van der Waals surface area contributed by atoms with E-state index in [2.05, 4.69) is 16.8 Å². The monoisotopic (exact) mass is 260 g/mol. The van der Waals surface area contributed by atoms with E-state index in [1.165, 1.54) is 19.4 Å². The van der Waals surface area contributed by atoms with Gasteiger partial charge in [0.05, 0.1) is 0 Å². The zero-order valence-electron chi connectivity index (χ0n) is 10.3. The van der Waals surface area contributed by atoms with Crippen LogP contribution in [0.3, 0.4) is 0 Å². The van der Waals surface area contributed by atoms with E-state index in [1.807, 2.05) is 0 Å². The number of alkyl halides is 1. The molecule has 0 saturated carbocycles. The van der Waals surface area contributed by atoms with Gasteiger partial charge >= 0.3 is 5.97 Å². The molecule has 0 aliphatic carbocycles. The van der Waals surface area contributed by atoms with Gasteiger partial charge in [-0.3, -0.25) is 4.79 Å². The van der Waals surface area contributed by atoms with Crippen molar-refractivity contribution in [3.63, 3.8) is 0 Å². The van der Waals surface area contributed by atoms with Gasteiger partial charge in [0.1, 0.15) is 5.38 Å². The molecule has 2 aliphatic heterocycles. The maximum absolute atomic E-state index is 10.7. The van der Waals surface area contributed by atoms with Crippen LogP contribution in [-0.2, 0) is 4.79 Å². The number of nitrogens with zero attached hydrogens (tertiary/aromatic N) is 2. The van der Waals surface area contributed by atoms with Crippen molar-refractivity contribution in [1.82, 2.24) is 9.80 Å². The first-order valence-electron chi connectivity index (χ1n) is 6.37. The molecule has 3 unspecified atom stereocenters. The summed E-state index contributed by atoms with van der Waals surface area (Å²) in [6.07, 6.45) is 3.67. The van der Waals surface area contributed by atoms with E-state index in [4.69, 9.17) is 16.7 Å². The van der Waals surface area contributed by atoms with Crippen molar-refractivity contribution in [2.24, 2.45) is 5.92 Å². The summed E-state index contributed by atoms with van der Waals surface area (Å²) in [6.45, 7) is 3.66. The van der Waals surface area contributed by atoms with Crippen LogP contribution in [-0.4, -0.2) is 65.5 Å². The highest BCUT2D eigenvalue weighted by atomic mass is 35.5. The molecular weight excluding hydrogens is 240 g/mol. The lowest BCUT2D eigenvalue weighted by atomic mass is 9.84. The number of halogens is 1. The Morgan fingerprint density at radius 3 is 2.94 bits per heavy atom. The van der Waals surface area contributed by atoms with Gasteiger partial charge in [0, 0.05) is 19.1 Å². The summed E-state index contributed by atoms with van der Waals surface area (Å²) in [6, 6.07) is 0.693. The first-order valence-corrected chi connectivity index (χ1v) is 6.81. The first-order chi connectivity index (χ1) is 8.08. The highest BCUT2D eigenvalue weighted by Crippen LogP contribution is 2.29. The number of carboxylic acid groups (broad SMARTS) is 1.